The number of carbonyl (C=O) groups excluding carboxylic acids is 1. The van der Waals surface area contributed by atoms with E-state index in [1.54, 1.807) is 17.5 Å². The van der Waals surface area contributed by atoms with Gasteiger partial charge in [0.2, 0.25) is 5.91 Å². The van der Waals surface area contributed by atoms with E-state index in [0.717, 1.165) is 21.8 Å². The molecule has 0 N–H and O–H groups in total. The molecule has 0 saturated heterocycles. The van der Waals surface area contributed by atoms with Crippen LogP contribution >= 0.6 is 11.3 Å². The molecule has 0 spiro atoms. The highest BCUT2D eigenvalue weighted by Crippen LogP contribution is 2.22. The molecule has 0 atom stereocenters. The molecule has 3 rings (SSSR count). The Morgan fingerprint density at radius 2 is 2.00 bits per heavy atom. The van der Waals surface area contributed by atoms with Gasteiger partial charge in [0.1, 0.15) is 0 Å². The topological polar surface area (TPSA) is 46.1 Å². The van der Waals surface area contributed by atoms with Crippen LogP contribution in [0.15, 0.2) is 60.2 Å². The van der Waals surface area contributed by atoms with Gasteiger partial charge in [0.05, 0.1) is 10.7 Å². The van der Waals surface area contributed by atoms with Crippen molar-refractivity contribution in [2.45, 2.75) is 26.3 Å². The number of nitrogens with zero attached hydrogens (tertiary/aromatic N) is 3. The fourth-order valence-electron chi connectivity index (χ4n) is 2.62. The minimum absolute atomic E-state index is 0.171. The summed E-state index contributed by atoms with van der Waals surface area (Å²) >= 11 is 1.60. The first-order valence-corrected chi connectivity index (χ1v) is 9.30. The summed E-state index contributed by atoms with van der Waals surface area (Å²) in [6.07, 6.45) is 4.72. The second kappa shape index (κ2) is 8.53. The standard InChI is InChI=1S/C20H21N3OS/c1-2-23(14-16-7-4-3-5-8-16)20(24)11-10-19-22-18(15-25-19)17-9-6-12-21-13-17/h3-9,12-13,15H,2,10-11,14H2,1H3. The maximum absolute atomic E-state index is 12.5. The molecular formula is C20H21N3OS. The number of amides is 1. The van der Waals surface area contributed by atoms with Gasteiger partial charge in [-0.15, -0.1) is 11.3 Å². The Bertz CT molecular complexity index is 802. The molecule has 4 nitrogen and oxygen atoms in total. The van der Waals surface area contributed by atoms with Crippen LogP contribution in [0.2, 0.25) is 0 Å². The highest BCUT2D eigenvalue weighted by atomic mass is 32.1. The molecule has 0 aliphatic heterocycles. The lowest BCUT2D eigenvalue weighted by atomic mass is 10.2. The molecule has 5 heteroatoms. The number of benzene rings is 1. The Morgan fingerprint density at radius 3 is 2.72 bits per heavy atom. The van der Waals surface area contributed by atoms with Crippen LogP contribution in [-0.2, 0) is 17.8 Å². The first kappa shape index (κ1) is 17.3. The van der Waals surface area contributed by atoms with E-state index in [0.29, 0.717) is 25.9 Å². The van der Waals surface area contributed by atoms with E-state index in [9.17, 15) is 4.79 Å². The SMILES string of the molecule is CCN(Cc1ccccc1)C(=O)CCc1nc(-c2cccnc2)cs1. The highest BCUT2D eigenvalue weighted by Gasteiger charge is 2.13. The van der Waals surface area contributed by atoms with E-state index in [-0.39, 0.29) is 5.91 Å². The van der Waals surface area contributed by atoms with E-state index in [1.165, 1.54) is 0 Å². The number of hydrogen-bond donors (Lipinski definition) is 0. The van der Waals surface area contributed by atoms with Crippen LogP contribution in [0.5, 0.6) is 0 Å². The molecule has 1 amide bonds. The lowest BCUT2D eigenvalue weighted by Crippen LogP contribution is -2.30. The van der Waals surface area contributed by atoms with E-state index < -0.39 is 0 Å². The molecule has 0 saturated carbocycles. The van der Waals surface area contributed by atoms with E-state index >= 15 is 0 Å². The van der Waals surface area contributed by atoms with Crippen molar-refractivity contribution >= 4 is 17.2 Å². The predicted octanol–water partition coefficient (Wildman–Crippen LogP) is 4.19. The van der Waals surface area contributed by atoms with Crippen LogP contribution in [0, 0.1) is 0 Å². The summed E-state index contributed by atoms with van der Waals surface area (Å²) in [5.74, 6) is 0.171. The van der Waals surface area contributed by atoms with Gasteiger partial charge in [0.15, 0.2) is 0 Å². The van der Waals surface area contributed by atoms with Crippen LogP contribution < -0.4 is 0 Å². The van der Waals surface area contributed by atoms with Crippen molar-refractivity contribution in [1.29, 1.82) is 0 Å². The normalized spacial score (nSPS) is 10.6. The summed E-state index contributed by atoms with van der Waals surface area (Å²) < 4.78 is 0. The average molecular weight is 351 g/mol. The number of pyridine rings is 1. The van der Waals surface area contributed by atoms with Gasteiger partial charge in [-0.1, -0.05) is 30.3 Å². The van der Waals surface area contributed by atoms with Crippen molar-refractivity contribution in [1.82, 2.24) is 14.9 Å². The van der Waals surface area contributed by atoms with Gasteiger partial charge >= 0.3 is 0 Å². The third kappa shape index (κ3) is 4.73. The molecule has 0 aliphatic carbocycles. The van der Waals surface area contributed by atoms with Crippen molar-refractivity contribution in [3.63, 3.8) is 0 Å². The molecule has 1 aromatic carbocycles. The zero-order valence-corrected chi connectivity index (χ0v) is 15.1. The van der Waals surface area contributed by atoms with Crippen LogP contribution in [0.1, 0.15) is 23.9 Å². The Morgan fingerprint density at radius 1 is 1.16 bits per heavy atom. The van der Waals surface area contributed by atoms with Gasteiger partial charge in [0, 0.05) is 49.3 Å². The summed E-state index contributed by atoms with van der Waals surface area (Å²) in [7, 11) is 0. The number of aromatic nitrogens is 2. The van der Waals surface area contributed by atoms with Crippen LogP contribution in [0.4, 0.5) is 0 Å². The summed E-state index contributed by atoms with van der Waals surface area (Å²) in [6, 6.07) is 14.0. The fraction of sp³-hybridized carbons (Fsp3) is 0.250. The van der Waals surface area contributed by atoms with Gasteiger partial charge in [-0.2, -0.15) is 0 Å². The smallest absolute Gasteiger partial charge is 0.223 e. The molecule has 3 aromatic rings. The molecule has 2 heterocycles. The van der Waals surface area contributed by atoms with Crippen LogP contribution in [0.25, 0.3) is 11.3 Å². The van der Waals surface area contributed by atoms with Crippen molar-refractivity contribution in [2.75, 3.05) is 6.54 Å². The van der Waals surface area contributed by atoms with Gasteiger partial charge < -0.3 is 4.90 Å². The Hall–Kier alpha value is -2.53. The summed E-state index contributed by atoms with van der Waals surface area (Å²) in [4.78, 5) is 23.2. The van der Waals surface area contributed by atoms with Gasteiger partial charge in [-0.05, 0) is 24.6 Å². The second-order valence-electron chi connectivity index (χ2n) is 5.76. The molecule has 2 aromatic heterocycles. The minimum Gasteiger partial charge on any atom is -0.339 e. The van der Waals surface area contributed by atoms with E-state index in [1.807, 2.05) is 53.7 Å². The predicted molar refractivity (Wildman–Crippen MR) is 101 cm³/mol. The number of hydrogen-bond acceptors (Lipinski definition) is 4. The van der Waals surface area contributed by atoms with Crippen molar-refractivity contribution < 1.29 is 4.79 Å². The zero-order chi connectivity index (χ0) is 17.5. The average Bonchev–Trinajstić information content (AvgIpc) is 3.15. The number of aryl methyl sites for hydroxylation is 1. The quantitative estimate of drug-likeness (QED) is 0.641. The molecule has 0 aliphatic rings. The third-order valence-electron chi connectivity index (χ3n) is 4.01. The summed E-state index contributed by atoms with van der Waals surface area (Å²) in [5, 5.41) is 3.02. The monoisotopic (exact) mass is 351 g/mol. The summed E-state index contributed by atoms with van der Waals surface area (Å²) in [5.41, 5.74) is 3.10. The Balaban J connectivity index is 1.57. The Kier molecular flexibility index (Phi) is 5.90. The molecule has 0 radical (unpaired) electrons. The zero-order valence-electron chi connectivity index (χ0n) is 14.3. The lowest BCUT2D eigenvalue weighted by molar-refractivity contribution is -0.131. The van der Waals surface area contributed by atoms with Gasteiger partial charge in [-0.25, -0.2) is 4.98 Å². The molecule has 25 heavy (non-hydrogen) atoms. The van der Waals surface area contributed by atoms with Gasteiger partial charge in [-0.3, -0.25) is 9.78 Å². The van der Waals surface area contributed by atoms with Crippen molar-refractivity contribution in [3.8, 4) is 11.3 Å². The number of thiazole rings is 1. The maximum Gasteiger partial charge on any atom is 0.223 e. The van der Waals surface area contributed by atoms with E-state index in [2.05, 4.69) is 22.1 Å². The third-order valence-corrected chi connectivity index (χ3v) is 4.92. The number of carbonyl (C=O) groups is 1. The van der Waals surface area contributed by atoms with Crippen molar-refractivity contribution in [3.05, 3.63) is 70.8 Å². The van der Waals surface area contributed by atoms with Crippen LogP contribution in [-0.4, -0.2) is 27.3 Å². The Labute approximate surface area is 152 Å². The second-order valence-corrected chi connectivity index (χ2v) is 6.70. The number of rotatable bonds is 7. The van der Waals surface area contributed by atoms with Crippen molar-refractivity contribution in [2.24, 2.45) is 0 Å². The van der Waals surface area contributed by atoms with Crippen LogP contribution in [0.3, 0.4) is 0 Å². The molecule has 0 unspecified atom stereocenters. The summed E-state index contributed by atoms with van der Waals surface area (Å²) in [6.45, 7) is 3.40. The first-order valence-electron chi connectivity index (χ1n) is 8.42. The first-order chi connectivity index (χ1) is 12.3. The maximum atomic E-state index is 12.5. The molecule has 128 valence electrons. The molecular weight excluding hydrogens is 330 g/mol. The van der Waals surface area contributed by atoms with Gasteiger partial charge in [0.25, 0.3) is 0 Å². The van der Waals surface area contributed by atoms with E-state index in [4.69, 9.17) is 0 Å². The minimum atomic E-state index is 0.171. The molecule has 0 bridgehead atoms. The largest absolute Gasteiger partial charge is 0.339 e. The molecule has 0 fully saturated rings. The highest BCUT2D eigenvalue weighted by molar-refractivity contribution is 7.09. The fourth-order valence-corrected chi connectivity index (χ4v) is 3.43. The lowest BCUT2D eigenvalue weighted by Gasteiger charge is -2.20.